The maximum atomic E-state index is 12.5. The van der Waals surface area contributed by atoms with Crippen molar-refractivity contribution in [2.24, 2.45) is 0 Å². The number of hydrogen-bond acceptors (Lipinski definition) is 3. The Balaban J connectivity index is 2.71. The molecule has 1 aromatic rings. The molecule has 0 heterocycles. The highest BCUT2D eigenvalue weighted by Gasteiger charge is 2.29. The Labute approximate surface area is 138 Å². The van der Waals surface area contributed by atoms with Crippen LogP contribution in [0.3, 0.4) is 0 Å². The molecule has 1 rings (SSSR count). The van der Waals surface area contributed by atoms with Crippen LogP contribution in [0.2, 0.25) is 0 Å². The number of amides is 1. The highest BCUT2D eigenvalue weighted by Crippen LogP contribution is 2.29. The number of alkyl halides is 3. The van der Waals surface area contributed by atoms with Crippen LogP contribution in [-0.4, -0.2) is 35.2 Å². The van der Waals surface area contributed by atoms with Gasteiger partial charge in [0.1, 0.15) is 0 Å². The van der Waals surface area contributed by atoms with E-state index in [9.17, 15) is 23.1 Å². The van der Waals surface area contributed by atoms with Gasteiger partial charge in [0, 0.05) is 18.4 Å². The quantitative estimate of drug-likeness (QED) is 0.776. The molecule has 7 heteroatoms. The van der Waals surface area contributed by atoms with Crippen molar-refractivity contribution < 1.29 is 23.1 Å². The molecule has 0 spiro atoms. The van der Waals surface area contributed by atoms with Crippen LogP contribution in [-0.2, 0) is 11.0 Å². The number of carbonyl (C=O) groups is 1. The zero-order valence-corrected chi connectivity index (χ0v) is 14.0. The Hall–Kier alpha value is -1.47. The van der Waals surface area contributed by atoms with Crippen molar-refractivity contribution in [3.05, 3.63) is 41.5 Å². The molecule has 0 aromatic heterocycles. The van der Waals surface area contributed by atoms with Crippen LogP contribution in [0.5, 0.6) is 0 Å². The van der Waals surface area contributed by atoms with Crippen molar-refractivity contribution in [3.8, 4) is 0 Å². The zero-order valence-electron chi connectivity index (χ0n) is 13.2. The van der Waals surface area contributed by atoms with Gasteiger partial charge in [-0.25, -0.2) is 0 Å². The Kier molecular flexibility index (Phi) is 6.70. The van der Waals surface area contributed by atoms with E-state index in [-0.39, 0.29) is 6.54 Å². The molecular weight excluding hydrogens is 327 g/mol. The van der Waals surface area contributed by atoms with E-state index in [0.717, 1.165) is 12.1 Å². The minimum Gasteiger partial charge on any atom is -0.387 e. The lowest BCUT2D eigenvalue weighted by molar-refractivity contribution is -0.137. The van der Waals surface area contributed by atoms with Crippen LogP contribution in [0.25, 0.3) is 5.57 Å². The molecule has 0 saturated carbocycles. The van der Waals surface area contributed by atoms with Gasteiger partial charge in [-0.2, -0.15) is 24.9 Å². The number of aliphatic hydroxyl groups is 1. The van der Waals surface area contributed by atoms with Crippen molar-refractivity contribution in [3.63, 3.8) is 0 Å². The number of rotatable bonds is 6. The van der Waals surface area contributed by atoms with E-state index in [1.54, 1.807) is 13.8 Å². The smallest absolute Gasteiger partial charge is 0.387 e. The molecule has 1 unspecified atom stereocenters. The predicted octanol–water partition coefficient (Wildman–Crippen LogP) is 3.34. The fourth-order valence-corrected chi connectivity index (χ4v) is 2.62. The van der Waals surface area contributed by atoms with Crippen LogP contribution in [0, 0.1) is 0 Å². The second-order valence-electron chi connectivity index (χ2n) is 5.55. The van der Waals surface area contributed by atoms with Gasteiger partial charge in [0.05, 0.1) is 11.2 Å². The Bertz CT molecular complexity index is 566. The van der Waals surface area contributed by atoms with E-state index in [1.165, 1.54) is 30.0 Å². The average molecular weight is 347 g/mol. The molecule has 23 heavy (non-hydrogen) atoms. The van der Waals surface area contributed by atoms with E-state index < -0.39 is 23.2 Å². The van der Waals surface area contributed by atoms with Gasteiger partial charge < -0.3 is 10.4 Å². The maximum Gasteiger partial charge on any atom is 0.416 e. The number of hydrogen-bond donors (Lipinski definition) is 2. The van der Waals surface area contributed by atoms with Crippen LogP contribution in [0.1, 0.15) is 25.0 Å². The molecule has 1 amide bonds. The maximum absolute atomic E-state index is 12.5. The molecule has 1 atom stereocenters. The molecule has 0 bridgehead atoms. The van der Waals surface area contributed by atoms with Crippen LogP contribution in [0.4, 0.5) is 13.2 Å². The first kappa shape index (κ1) is 19.6. The molecule has 0 aliphatic rings. The number of nitrogens with one attached hydrogen (secondary N) is 1. The largest absolute Gasteiger partial charge is 0.416 e. The SMILES string of the molecule is CSCC(C)(O)CNC(=O)C=C(C)c1ccc(C(F)(F)F)cc1. The van der Waals surface area contributed by atoms with Gasteiger partial charge >= 0.3 is 6.18 Å². The number of allylic oxidation sites excluding steroid dienone is 1. The highest BCUT2D eigenvalue weighted by atomic mass is 32.2. The van der Waals surface area contributed by atoms with Crippen LogP contribution >= 0.6 is 11.8 Å². The molecule has 0 radical (unpaired) electrons. The highest BCUT2D eigenvalue weighted by molar-refractivity contribution is 7.98. The first-order valence-electron chi connectivity index (χ1n) is 6.90. The van der Waals surface area contributed by atoms with Crippen molar-refractivity contribution in [2.45, 2.75) is 25.6 Å². The van der Waals surface area contributed by atoms with E-state index in [2.05, 4.69) is 5.32 Å². The summed E-state index contributed by atoms with van der Waals surface area (Å²) in [4.78, 5) is 11.8. The molecule has 2 N–H and O–H groups in total. The Morgan fingerprint density at radius 2 is 1.87 bits per heavy atom. The third-order valence-electron chi connectivity index (χ3n) is 3.11. The summed E-state index contributed by atoms with van der Waals surface area (Å²) >= 11 is 1.47. The number of thioether (sulfide) groups is 1. The van der Waals surface area contributed by atoms with Gasteiger partial charge in [0.25, 0.3) is 0 Å². The van der Waals surface area contributed by atoms with Crippen molar-refractivity contribution in [1.29, 1.82) is 0 Å². The van der Waals surface area contributed by atoms with E-state index in [4.69, 9.17) is 0 Å². The van der Waals surface area contributed by atoms with Gasteiger partial charge in [-0.3, -0.25) is 4.79 Å². The summed E-state index contributed by atoms with van der Waals surface area (Å²) in [6.45, 7) is 3.36. The standard InChI is InChI=1S/C16H20F3NO2S/c1-11(8-14(21)20-9-15(2,22)10-23-3)12-4-6-13(7-5-12)16(17,18)19/h4-8,22H,9-10H2,1-3H3,(H,20,21). The predicted molar refractivity (Wildman–Crippen MR) is 87.1 cm³/mol. The average Bonchev–Trinajstić information content (AvgIpc) is 2.44. The first-order valence-corrected chi connectivity index (χ1v) is 8.29. The van der Waals surface area contributed by atoms with Crippen molar-refractivity contribution >= 4 is 23.2 Å². The van der Waals surface area contributed by atoms with Gasteiger partial charge in [-0.1, -0.05) is 12.1 Å². The monoisotopic (exact) mass is 347 g/mol. The van der Waals surface area contributed by atoms with E-state index in [1.807, 2.05) is 6.26 Å². The summed E-state index contributed by atoms with van der Waals surface area (Å²) in [6, 6.07) is 4.61. The molecule has 3 nitrogen and oxygen atoms in total. The third kappa shape index (κ3) is 6.66. The summed E-state index contributed by atoms with van der Waals surface area (Å²) in [5.74, 6) is 0.0818. The molecule has 128 valence electrons. The third-order valence-corrected chi connectivity index (χ3v) is 4.02. The van der Waals surface area contributed by atoms with Gasteiger partial charge in [0.2, 0.25) is 5.91 Å². The van der Waals surface area contributed by atoms with Crippen LogP contribution < -0.4 is 5.32 Å². The first-order chi connectivity index (χ1) is 10.5. The fraction of sp³-hybridized carbons (Fsp3) is 0.438. The normalized spacial score (nSPS) is 15.2. The van der Waals surface area contributed by atoms with Gasteiger partial charge in [-0.15, -0.1) is 0 Å². The molecule has 0 saturated heterocycles. The summed E-state index contributed by atoms with van der Waals surface area (Å²) in [5, 5.41) is 12.5. The molecule has 0 aliphatic carbocycles. The van der Waals surface area contributed by atoms with Gasteiger partial charge in [0.15, 0.2) is 0 Å². The lowest BCUT2D eigenvalue weighted by Crippen LogP contribution is -2.42. The fourth-order valence-electron chi connectivity index (χ4n) is 1.89. The second kappa shape index (κ2) is 7.88. The summed E-state index contributed by atoms with van der Waals surface area (Å²) < 4.78 is 37.5. The Morgan fingerprint density at radius 3 is 2.35 bits per heavy atom. The van der Waals surface area contributed by atoms with Crippen molar-refractivity contribution in [1.82, 2.24) is 5.32 Å². The number of halogens is 3. The topological polar surface area (TPSA) is 49.3 Å². The lowest BCUT2D eigenvalue weighted by atomic mass is 10.0. The minimum atomic E-state index is -4.38. The second-order valence-corrected chi connectivity index (χ2v) is 6.42. The van der Waals surface area contributed by atoms with Crippen LogP contribution in [0.15, 0.2) is 30.3 Å². The minimum absolute atomic E-state index is 0.101. The molecule has 1 aromatic carbocycles. The lowest BCUT2D eigenvalue weighted by Gasteiger charge is -2.22. The Morgan fingerprint density at radius 1 is 1.30 bits per heavy atom. The van der Waals surface area contributed by atoms with E-state index in [0.29, 0.717) is 16.9 Å². The van der Waals surface area contributed by atoms with Crippen molar-refractivity contribution in [2.75, 3.05) is 18.6 Å². The molecular formula is C16H20F3NO2S. The summed E-state index contributed by atoms with van der Waals surface area (Å²) in [7, 11) is 0. The van der Waals surface area contributed by atoms with Gasteiger partial charge in [-0.05, 0) is 43.4 Å². The number of benzene rings is 1. The van der Waals surface area contributed by atoms with E-state index >= 15 is 0 Å². The summed E-state index contributed by atoms with van der Waals surface area (Å²) in [5.41, 5.74) is -0.665. The summed E-state index contributed by atoms with van der Waals surface area (Å²) in [6.07, 6.45) is -1.22. The zero-order chi connectivity index (χ0) is 17.7. The number of carbonyl (C=O) groups excluding carboxylic acids is 1. The molecule has 0 aliphatic heterocycles. The molecule has 0 fully saturated rings.